The Hall–Kier alpha value is -2.14. The van der Waals surface area contributed by atoms with Crippen LogP contribution in [0.4, 0.5) is 0 Å². The van der Waals surface area contributed by atoms with E-state index in [1.54, 1.807) is 0 Å². The third kappa shape index (κ3) is 3.47. The van der Waals surface area contributed by atoms with Crippen LogP contribution in [-0.2, 0) is 11.2 Å². The first-order valence-electron chi connectivity index (χ1n) is 9.16. The Morgan fingerprint density at radius 2 is 2.20 bits per heavy atom. The van der Waals surface area contributed by atoms with Gasteiger partial charge in [-0.25, -0.2) is 0 Å². The number of fused-ring (bicyclic) bond motifs is 1. The standard InChI is InChI=1S/C20H26N4O/c1-21-19(24-12-9-20(14-24)10-13-25-15-20)22-11-8-17-7-6-16-4-2-3-5-18(16)23-17/h2-7H,8-15H2,1H3,(H,21,22). The molecule has 3 heterocycles. The van der Waals surface area contributed by atoms with Crippen molar-refractivity contribution in [1.29, 1.82) is 0 Å². The average molecular weight is 338 g/mol. The summed E-state index contributed by atoms with van der Waals surface area (Å²) in [5.74, 6) is 1.00. The number of aliphatic imine (C=N–C) groups is 1. The molecule has 0 radical (unpaired) electrons. The van der Waals surface area contributed by atoms with Crippen molar-refractivity contribution in [2.24, 2.45) is 10.4 Å². The summed E-state index contributed by atoms with van der Waals surface area (Å²) in [5, 5.41) is 4.70. The van der Waals surface area contributed by atoms with Crippen LogP contribution < -0.4 is 5.32 Å². The van der Waals surface area contributed by atoms with Gasteiger partial charge < -0.3 is 15.0 Å². The second kappa shape index (κ2) is 7.00. The summed E-state index contributed by atoms with van der Waals surface area (Å²) in [6.45, 7) is 4.78. The summed E-state index contributed by atoms with van der Waals surface area (Å²) in [4.78, 5) is 11.6. The van der Waals surface area contributed by atoms with Crippen LogP contribution in [0.3, 0.4) is 0 Å². The van der Waals surface area contributed by atoms with E-state index in [0.29, 0.717) is 5.41 Å². The van der Waals surface area contributed by atoms with E-state index >= 15 is 0 Å². The summed E-state index contributed by atoms with van der Waals surface area (Å²) < 4.78 is 5.62. The smallest absolute Gasteiger partial charge is 0.193 e. The molecular weight excluding hydrogens is 312 g/mol. The first kappa shape index (κ1) is 16.3. The van der Waals surface area contributed by atoms with Crippen LogP contribution in [0.2, 0.25) is 0 Å². The molecule has 0 bridgehead atoms. The number of pyridine rings is 1. The molecular formula is C20H26N4O. The Kier molecular flexibility index (Phi) is 4.57. The normalized spacial score (nSPS) is 23.7. The van der Waals surface area contributed by atoms with Crippen molar-refractivity contribution >= 4 is 16.9 Å². The van der Waals surface area contributed by atoms with Gasteiger partial charge in [0.2, 0.25) is 0 Å². The SMILES string of the molecule is CN=C(NCCc1ccc2ccccc2n1)N1CCC2(CCOC2)C1. The quantitative estimate of drug-likeness (QED) is 0.690. The molecule has 4 rings (SSSR count). The number of likely N-dealkylation sites (tertiary alicyclic amines) is 1. The van der Waals surface area contributed by atoms with Gasteiger partial charge in [-0.2, -0.15) is 0 Å². The second-order valence-corrected chi connectivity index (χ2v) is 7.19. The maximum atomic E-state index is 5.62. The molecule has 1 spiro atoms. The Morgan fingerprint density at radius 1 is 1.28 bits per heavy atom. The van der Waals surface area contributed by atoms with Crippen molar-refractivity contribution in [2.45, 2.75) is 19.3 Å². The highest BCUT2D eigenvalue weighted by atomic mass is 16.5. The van der Waals surface area contributed by atoms with Crippen molar-refractivity contribution < 1.29 is 4.74 Å². The van der Waals surface area contributed by atoms with Crippen LogP contribution >= 0.6 is 0 Å². The Morgan fingerprint density at radius 3 is 3.04 bits per heavy atom. The van der Waals surface area contributed by atoms with Gasteiger partial charge in [0.1, 0.15) is 0 Å². The largest absolute Gasteiger partial charge is 0.381 e. The molecule has 1 N–H and O–H groups in total. The number of guanidine groups is 1. The van der Waals surface area contributed by atoms with E-state index in [2.05, 4.69) is 39.5 Å². The fourth-order valence-electron chi connectivity index (χ4n) is 3.97. The minimum atomic E-state index is 0.359. The van der Waals surface area contributed by atoms with Crippen molar-refractivity contribution in [3.63, 3.8) is 0 Å². The molecule has 25 heavy (non-hydrogen) atoms. The van der Waals surface area contributed by atoms with Gasteiger partial charge in [-0.05, 0) is 25.0 Å². The molecule has 1 unspecified atom stereocenters. The van der Waals surface area contributed by atoms with E-state index in [1.807, 2.05) is 19.2 Å². The van der Waals surface area contributed by atoms with Crippen LogP contribution in [0.15, 0.2) is 41.4 Å². The van der Waals surface area contributed by atoms with Crippen LogP contribution in [0.1, 0.15) is 18.5 Å². The molecule has 2 aliphatic heterocycles. The van der Waals surface area contributed by atoms with Gasteiger partial charge in [-0.15, -0.1) is 0 Å². The predicted octanol–water partition coefficient (Wildman–Crippen LogP) is 2.47. The average Bonchev–Trinajstić information content (AvgIpc) is 3.29. The van der Waals surface area contributed by atoms with Crippen LogP contribution in [0.5, 0.6) is 0 Å². The van der Waals surface area contributed by atoms with E-state index in [1.165, 1.54) is 18.2 Å². The highest BCUT2D eigenvalue weighted by Crippen LogP contribution is 2.38. The predicted molar refractivity (Wildman–Crippen MR) is 101 cm³/mol. The molecule has 1 aromatic carbocycles. The molecule has 1 atom stereocenters. The number of hydrogen-bond acceptors (Lipinski definition) is 3. The zero-order chi connectivity index (χ0) is 17.1. The summed E-state index contributed by atoms with van der Waals surface area (Å²) in [7, 11) is 1.87. The molecule has 5 nitrogen and oxygen atoms in total. The Balaban J connectivity index is 1.33. The van der Waals surface area contributed by atoms with Gasteiger partial charge in [0.05, 0.1) is 12.1 Å². The fourth-order valence-corrected chi connectivity index (χ4v) is 3.97. The van der Waals surface area contributed by atoms with Crippen molar-refractivity contribution in [2.75, 3.05) is 39.9 Å². The molecule has 1 aromatic heterocycles. The summed E-state index contributed by atoms with van der Waals surface area (Å²) in [6, 6.07) is 12.5. The third-order valence-corrected chi connectivity index (χ3v) is 5.45. The van der Waals surface area contributed by atoms with Crippen LogP contribution in [0.25, 0.3) is 10.9 Å². The Labute approximate surface area is 149 Å². The molecule has 132 valence electrons. The van der Waals surface area contributed by atoms with Gasteiger partial charge in [-0.3, -0.25) is 9.98 Å². The number of nitrogens with one attached hydrogen (secondary N) is 1. The topological polar surface area (TPSA) is 49.8 Å². The lowest BCUT2D eigenvalue weighted by Gasteiger charge is -2.24. The lowest BCUT2D eigenvalue weighted by Crippen LogP contribution is -2.42. The Bertz CT molecular complexity index is 767. The van der Waals surface area contributed by atoms with Gasteiger partial charge in [0.25, 0.3) is 0 Å². The second-order valence-electron chi connectivity index (χ2n) is 7.19. The number of ether oxygens (including phenoxy) is 1. The summed E-state index contributed by atoms with van der Waals surface area (Å²) in [6.07, 6.45) is 3.29. The summed E-state index contributed by atoms with van der Waals surface area (Å²) in [5.41, 5.74) is 2.54. The van der Waals surface area contributed by atoms with Crippen molar-refractivity contribution in [3.8, 4) is 0 Å². The number of para-hydroxylation sites is 1. The highest BCUT2D eigenvalue weighted by Gasteiger charge is 2.42. The first-order chi connectivity index (χ1) is 12.3. The van der Waals surface area contributed by atoms with Crippen molar-refractivity contribution in [1.82, 2.24) is 15.2 Å². The number of aromatic nitrogens is 1. The summed E-state index contributed by atoms with van der Waals surface area (Å²) >= 11 is 0. The van der Waals surface area contributed by atoms with E-state index in [4.69, 9.17) is 9.72 Å². The van der Waals surface area contributed by atoms with Crippen LogP contribution in [0, 0.1) is 5.41 Å². The highest BCUT2D eigenvalue weighted by molar-refractivity contribution is 5.80. The zero-order valence-electron chi connectivity index (χ0n) is 14.9. The molecule has 5 heteroatoms. The fraction of sp³-hybridized carbons (Fsp3) is 0.500. The molecule has 2 saturated heterocycles. The third-order valence-electron chi connectivity index (χ3n) is 5.45. The monoisotopic (exact) mass is 338 g/mol. The zero-order valence-corrected chi connectivity index (χ0v) is 14.9. The molecule has 2 aliphatic rings. The minimum Gasteiger partial charge on any atom is -0.381 e. The van der Waals surface area contributed by atoms with Gasteiger partial charge in [0, 0.05) is 56.2 Å². The molecule has 0 aliphatic carbocycles. The molecule has 2 fully saturated rings. The number of rotatable bonds is 3. The molecule has 2 aromatic rings. The molecule has 0 amide bonds. The number of benzene rings is 1. The van der Waals surface area contributed by atoms with Gasteiger partial charge in [0.15, 0.2) is 5.96 Å². The van der Waals surface area contributed by atoms with Gasteiger partial charge >= 0.3 is 0 Å². The number of nitrogens with zero attached hydrogens (tertiary/aromatic N) is 3. The van der Waals surface area contributed by atoms with E-state index < -0.39 is 0 Å². The van der Waals surface area contributed by atoms with E-state index in [-0.39, 0.29) is 0 Å². The maximum absolute atomic E-state index is 5.62. The minimum absolute atomic E-state index is 0.359. The lowest BCUT2D eigenvalue weighted by molar-refractivity contribution is 0.156. The van der Waals surface area contributed by atoms with E-state index in [0.717, 1.165) is 56.4 Å². The van der Waals surface area contributed by atoms with Crippen molar-refractivity contribution in [3.05, 3.63) is 42.1 Å². The maximum Gasteiger partial charge on any atom is 0.193 e. The van der Waals surface area contributed by atoms with E-state index in [9.17, 15) is 0 Å². The number of hydrogen-bond donors (Lipinski definition) is 1. The first-order valence-corrected chi connectivity index (χ1v) is 9.16. The lowest BCUT2D eigenvalue weighted by atomic mass is 9.87. The molecule has 0 saturated carbocycles. The van der Waals surface area contributed by atoms with Gasteiger partial charge in [-0.1, -0.05) is 24.3 Å². The van der Waals surface area contributed by atoms with Crippen LogP contribution in [-0.4, -0.2) is 55.7 Å².